The van der Waals surface area contributed by atoms with E-state index in [2.05, 4.69) is 5.32 Å². The Hall–Kier alpha value is -2.33. The minimum Gasteiger partial charge on any atom is -0.357 e. The Morgan fingerprint density at radius 1 is 1.04 bits per heavy atom. The number of benzene rings is 2. The van der Waals surface area contributed by atoms with Crippen molar-refractivity contribution in [1.29, 1.82) is 0 Å². The number of hydrogen-bond acceptors (Lipinski definition) is 2. The van der Waals surface area contributed by atoms with E-state index in [1.807, 2.05) is 42.5 Å². The van der Waals surface area contributed by atoms with Crippen LogP contribution >= 0.6 is 11.6 Å². The highest BCUT2D eigenvalue weighted by Gasteiger charge is 2.25. The summed E-state index contributed by atoms with van der Waals surface area (Å²) in [4.78, 5) is 26.4. The maximum atomic E-state index is 12.8. The molecule has 0 aromatic heterocycles. The minimum absolute atomic E-state index is 0.0997. The van der Waals surface area contributed by atoms with Crippen LogP contribution in [0.4, 0.5) is 0 Å². The van der Waals surface area contributed by atoms with Gasteiger partial charge < -0.3 is 10.2 Å². The SMILES string of the molecule is CNC(=O)[C@@H](C)N(Cc1ccccc1)C(=O)Cc1ccc(Cl)cc1. The molecule has 0 saturated heterocycles. The van der Waals surface area contributed by atoms with Gasteiger partial charge in [0.25, 0.3) is 0 Å². The Balaban J connectivity index is 2.18. The second-order valence-electron chi connectivity index (χ2n) is 5.60. The molecule has 0 aliphatic rings. The van der Waals surface area contributed by atoms with Crippen molar-refractivity contribution in [3.8, 4) is 0 Å². The van der Waals surface area contributed by atoms with Crippen molar-refractivity contribution in [2.45, 2.75) is 25.9 Å². The molecule has 4 nitrogen and oxygen atoms in total. The monoisotopic (exact) mass is 344 g/mol. The van der Waals surface area contributed by atoms with Crippen LogP contribution in [0.2, 0.25) is 5.02 Å². The first-order valence-corrected chi connectivity index (χ1v) is 8.18. The lowest BCUT2D eigenvalue weighted by Crippen LogP contribution is -2.47. The van der Waals surface area contributed by atoms with E-state index in [9.17, 15) is 9.59 Å². The zero-order valence-electron chi connectivity index (χ0n) is 13.8. The largest absolute Gasteiger partial charge is 0.357 e. The van der Waals surface area contributed by atoms with Crippen LogP contribution in [0.15, 0.2) is 54.6 Å². The molecule has 0 unspecified atom stereocenters. The quantitative estimate of drug-likeness (QED) is 0.875. The molecule has 0 aliphatic carbocycles. The Kier molecular flexibility index (Phi) is 6.38. The van der Waals surface area contributed by atoms with Gasteiger partial charge in [0.15, 0.2) is 0 Å². The summed E-state index contributed by atoms with van der Waals surface area (Å²) in [6.07, 6.45) is 0.228. The Labute approximate surface area is 147 Å². The van der Waals surface area contributed by atoms with Crippen molar-refractivity contribution in [3.05, 3.63) is 70.7 Å². The summed E-state index contributed by atoms with van der Waals surface area (Å²) in [6, 6.07) is 16.3. The van der Waals surface area contributed by atoms with Crippen molar-refractivity contribution in [1.82, 2.24) is 10.2 Å². The Morgan fingerprint density at radius 2 is 1.67 bits per heavy atom. The van der Waals surface area contributed by atoms with Gasteiger partial charge in [-0.25, -0.2) is 0 Å². The van der Waals surface area contributed by atoms with Crippen LogP contribution in [0.3, 0.4) is 0 Å². The summed E-state index contributed by atoms with van der Waals surface area (Å²) in [5.41, 5.74) is 1.85. The van der Waals surface area contributed by atoms with E-state index in [0.717, 1.165) is 11.1 Å². The molecule has 0 radical (unpaired) electrons. The molecule has 0 fully saturated rings. The molecule has 2 amide bonds. The fourth-order valence-corrected chi connectivity index (χ4v) is 2.58. The molecular weight excluding hydrogens is 324 g/mol. The first-order valence-electron chi connectivity index (χ1n) is 7.80. The highest BCUT2D eigenvalue weighted by molar-refractivity contribution is 6.30. The van der Waals surface area contributed by atoms with Crippen molar-refractivity contribution in [2.75, 3.05) is 7.05 Å². The van der Waals surface area contributed by atoms with Crippen molar-refractivity contribution in [3.63, 3.8) is 0 Å². The predicted octanol–water partition coefficient (Wildman–Crippen LogP) is 3.05. The zero-order chi connectivity index (χ0) is 17.5. The van der Waals surface area contributed by atoms with Crippen molar-refractivity contribution >= 4 is 23.4 Å². The smallest absolute Gasteiger partial charge is 0.242 e. The van der Waals surface area contributed by atoms with Gasteiger partial charge in [0.2, 0.25) is 11.8 Å². The zero-order valence-corrected chi connectivity index (χ0v) is 14.6. The van der Waals surface area contributed by atoms with E-state index in [-0.39, 0.29) is 18.2 Å². The number of halogens is 1. The first kappa shape index (κ1) is 18.0. The molecule has 0 heterocycles. The van der Waals surface area contributed by atoms with Crippen LogP contribution in [0.1, 0.15) is 18.1 Å². The Bertz CT molecular complexity index is 686. The van der Waals surface area contributed by atoms with Gasteiger partial charge in [0, 0.05) is 18.6 Å². The number of nitrogens with one attached hydrogen (secondary N) is 1. The van der Waals surface area contributed by atoms with E-state index < -0.39 is 6.04 Å². The van der Waals surface area contributed by atoms with Gasteiger partial charge in [-0.1, -0.05) is 54.1 Å². The average molecular weight is 345 g/mol. The molecule has 1 N–H and O–H groups in total. The van der Waals surface area contributed by atoms with Gasteiger partial charge in [-0.2, -0.15) is 0 Å². The van der Waals surface area contributed by atoms with Gasteiger partial charge in [-0.15, -0.1) is 0 Å². The lowest BCUT2D eigenvalue weighted by Gasteiger charge is -2.28. The summed E-state index contributed by atoms with van der Waals surface area (Å²) >= 11 is 5.88. The van der Waals surface area contributed by atoms with E-state index in [0.29, 0.717) is 11.6 Å². The van der Waals surface area contributed by atoms with Crippen LogP contribution in [-0.4, -0.2) is 29.8 Å². The summed E-state index contributed by atoms with van der Waals surface area (Å²) in [5.74, 6) is -0.285. The second kappa shape index (κ2) is 8.50. The third kappa shape index (κ3) is 4.83. The number of likely N-dealkylation sites (N-methyl/N-ethyl adjacent to an activating group) is 1. The van der Waals surface area contributed by atoms with E-state index in [1.54, 1.807) is 31.0 Å². The highest BCUT2D eigenvalue weighted by Crippen LogP contribution is 2.14. The van der Waals surface area contributed by atoms with Crippen LogP contribution in [0, 0.1) is 0 Å². The summed E-state index contributed by atoms with van der Waals surface area (Å²) in [6.45, 7) is 2.13. The molecule has 2 aromatic carbocycles. The maximum Gasteiger partial charge on any atom is 0.242 e. The number of hydrogen-bond donors (Lipinski definition) is 1. The molecule has 0 spiro atoms. The van der Waals surface area contributed by atoms with Gasteiger partial charge in [-0.05, 0) is 30.2 Å². The molecule has 1 atom stereocenters. The van der Waals surface area contributed by atoms with Crippen molar-refractivity contribution in [2.24, 2.45) is 0 Å². The third-order valence-electron chi connectivity index (χ3n) is 3.88. The molecule has 2 aromatic rings. The van der Waals surface area contributed by atoms with Crippen LogP contribution in [-0.2, 0) is 22.6 Å². The number of nitrogens with zero attached hydrogens (tertiary/aromatic N) is 1. The van der Waals surface area contributed by atoms with Gasteiger partial charge in [0.1, 0.15) is 6.04 Å². The predicted molar refractivity (Wildman–Crippen MR) is 95.7 cm³/mol. The summed E-state index contributed by atoms with van der Waals surface area (Å²) < 4.78 is 0. The molecule has 24 heavy (non-hydrogen) atoms. The topological polar surface area (TPSA) is 49.4 Å². The first-order chi connectivity index (χ1) is 11.5. The van der Waals surface area contributed by atoms with Crippen LogP contribution in [0.25, 0.3) is 0 Å². The fraction of sp³-hybridized carbons (Fsp3) is 0.263. The van der Waals surface area contributed by atoms with Crippen LogP contribution in [0.5, 0.6) is 0 Å². The second-order valence-corrected chi connectivity index (χ2v) is 6.04. The standard InChI is InChI=1S/C19H21ClN2O2/c1-14(19(24)21-2)22(13-16-6-4-3-5-7-16)18(23)12-15-8-10-17(20)11-9-15/h3-11,14H,12-13H2,1-2H3,(H,21,24)/t14-/m1/s1. The number of carbonyl (C=O) groups is 2. The molecule has 126 valence electrons. The normalized spacial score (nSPS) is 11.6. The molecular formula is C19H21ClN2O2. The molecule has 5 heteroatoms. The van der Waals surface area contributed by atoms with E-state index in [4.69, 9.17) is 11.6 Å². The number of carbonyl (C=O) groups excluding carboxylic acids is 2. The number of amides is 2. The molecule has 0 aliphatic heterocycles. The Morgan fingerprint density at radius 3 is 2.25 bits per heavy atom. The molecule has 2 rings (SSSR count). The fourth-order valence-electron chi connectivity index (χ4n) is 2.45. The number of rotatable bonds is 6. The average Bonchev–Trinajstić information content (AvgIpc) is 2.61. The minimum atomic E-state index is -0.546. The lowest BCUT2D eigenvalue weighted by molar-refractivity contribution is -0.139. The highest BCUT2D eigenvalue weighted by atomic mass is 35.5. The van der Waals surface area contributed by atoms with Gasteiger partial charge in [-0.3, -0.25) is 9.59 Å². The molecule has 0 saturated carbocycles. The van der Waals surface area contributed by atoms with Gasteiger partial charge in [0.05, 0.1) is 6.42 Å². The van der Waals surface area contributed by atoms with Crippen molar-refractivity contribution < 1.29 is 9.59 Å². The van der Waals surface area contributed by atoms with E-state index >= 15 is 0 Å². The maximum absolute atomic E-state index is 12.8. The molecule has 0 bridgehead atoms. The van der Waals surface area contributed by atoms with Crippen LogP contribution < -0.4 is 5.32 Å². The van der Waals surface area contributed by atoms with E-state index in [1.165, 1.54) is 0 Å². The summed E-state index contributed by atoms with van der Waals surface area (Å²) in [5, 5.41) is 3.24. The summed E-state index contributed by atoms with van der Waals surface area (Å²) in [7, 11) is 1.57. The third-order valence-corrected chi connectivity index (χ3v) is 4.13. The van der Waals surface area contributed by atoms with Gasteiger partial charge >= 0.3 is 0 Å². The lowest BCUT2D eigenvalue weighted by atomic mass is 10.1.